The van der Waals surface area contributed by atoms with E-state index in [1.165, 1.54) is 237 Å². The van der Waals surface area contributed by atoms with E-state index in [9.17, 15) is 22.6 Å². The van der Waals surface area contributed by atoms with Gasteiger partial charge in [-0.1, -0.05) is 269 Å². The molecule has 0 aliphatic heterocycles. The summed E-state index contributed by atoms with van der Waals surface area (Å²) in [7, 11) is -4.59. The molecule has 1 aromatic carbocycles. The summed E-state index contributed by atoms with van der Waals surface area (Å²) in [5.74, 6) is -1.62. The standard InChI is InChI=1S/C56H98O7S/c1-3-5-7-9-11-13-15-17-19-21-23-25-27-29-31-33-35-37-39-41-43-45-49-62-55(57)53-48-47-52(64(59,60)61)51-54(53)56(58)63-50-46-44-42-40-38-36-34-32-30-28-26-24-22-20-18-16-14-12-10-8-6-4-2/h43-48,51H,3-42,49-50H2,1-2H3,(H,59,60,61)/b45-43+,46-44+. The number of benzene rings is 1. The van der Waals surface area contributed by atoms with Crippen molar-refractivity contribution in [1.82, 2.24) is 0 Å². The average molecular weight is 915 g/mol. The van der Waals surface area contributed by atoms with Crippen molar-refractivity contribution >= 4 is 22.1 Å². The van der Waals surface area contributed by atoms with Crippen LogP contribution in [-0.2, 0) is 19.6 Å². The summed E-state index contributed by atoms with van der Waals surface area (Å²) in [5.41, 5.74) is -0.368. The first kappa shape index (κ1) is 59.6. The fourth-order valence-corrected chi connectivity index (χ4v) is 8.99. The lowest BCUT2D eigenvalue weighted by Crippen LogP contribution is -2.15. The smallest absolute Gasteiger partial charge is 0.339 e. The summed E-state index contributed by atoms with van der Waals surface area (Å²) in [6, 6.07) is 3.23. The lowest BCUT2D eigenvalue weighted by molar-refractivity contribution is 0.0502. The summed E-state index contributed by atoms with van der Waals surface area (Å²) in [6.45, 7) is 4.59. The molecular formula is C56H98O7S. The van der Waals surface area contributed by atoms with Gasteiger partial charge in [-0.15, -0.1) is 0 Å². The topological polar surface area (TPSA) is 107 Å². The molecule has 8 heteroatoms. The number of allylic oxidation sites excluding steroid dienone is 2. The number of hydrogen-bond donors (Lipinski definition) is 1. The van der Waals surface area contributed by atoms with Crippen molar-refractivity contribution in [3.8, 4) is 0 Å². The number of hydrogen-bond acceptors (Lipinski definition) is 6. The van der Waals surface area contributed by atoms with Gasteiger partial charge in [-0.05, 0) is 43.9 Å². The Kier molecular flexibility index (Phi) is 41.3. The number of rotatable bonds is 47. The van der Waals surface area contributed by atoms with E-state index >= 15 is 0 Å². The third kappa shape index (κ3) is 36.7. The highest BCUT2D eigenvalue weighted by molar-refractivity contribution is 7.85. The first-order valence-electron chi connectivity index (χ1n) is 27.1. The molecule has 0 bridgehead atoms. The van der Waals surface area contributed by atoms with Gasteiger partial charge in [0, 0.05) is 0 Å². The van der Waals surface area contributed by atoms with E-state index in [-0.39, 0.29) is 24.3 Å². The lowest BCUT2D eigenvalue weighted by Gasteiger charge is -2.10. The fourth-order valence-electron chi connectivity index (χ4n) is 8.49. The molecule has 0 aliphatic rings. The molecule has 0 spiro atoms. The van der Waals surface area contributed by atoms with E-state index in [0.29, 0.717) is 0 Å². The van der Waals surface area contributed by atoms with Crippen molar-refractivity contribution in [2.24, 2.45) is 0 Å². The van der Waals surface area contributed by atoms with Crippen LogP contribution in [0.25, 0.3) is 0 Å². The van der Waals surface area contributed by atoms with Gasteiger partial charge >= 0.3 is 11.9 Å². The third-order valence-corrected chi connectivity index (χ3v) is 13.5. The second kappa shape index (κ2) is 44.4. The van der Waals surface area contributed by atoms with Crippen molar-refractivity contribution in [1.29, 1.82) is 0 Å². The van der Waals surface area contributed by atoms with Crippen molar-refractivity contribution in [3.63, 3.8) is 0 Å². The van der Waals surface area contributed by atoms with Crippen molar-refractivity contribution in [2.45, 2.75) is 276 Å². The average Bonchev–Trinajstić information content (AvgIpc) is 3.28. The second-order valence-electron chi connectivity index (χ2n) is 18.6. The van der Waals surface area contributed by atoms with Crippen LogP contribution >= 0.6 is 0 Å². The largest absolute Gasteiger partial charge is 0.458 e. The molecule has 0 heterocycles. The Morgan fingerprint density at radius 1 is 0.406 bits per heavy atom. The van der Waals surface area contributed by atoms with Gasteiger partial charge in [0.1, 0.15) is 13.2 Å². The molecule has 1 N–H and O–H groups in total. The highest BCUT2D eigenvalue weighted by Gasteiger charge is 2.23. The SMILES string of the molecule is CCCCCCCCCCCCCCCCCCCCC/C=C/COC(=O)c1ccc(S(=O)(=O)O)cc1C(=O)OC/C=C/CCCCCCCCCCCCCCCCCCCCC. The molecule has 1 rings (SSSR count). The number of unbranched alkanes of at least 4 members (excludes halogenated alkanes) is 38. The summed E-state index contributed by atoms with van der Waals surface area (Å²) in [4.78, 5) is 25.4. The van der Waals surface area contributed by atoms with Gasteiger partial charge in [0.2, 0.25) is 0 Å². The van der Waals surface area contributed by atoms with Crippen LogP contribution in [0.3, 0.4) is 0 Å². The summed E-state index contributed by atoms with van der Waals surface area (Å²) < 4.78 is 43.9. The van der Waals surface area contributed by atoms with E-state index in [4.69, 9.17) is 9.47 Å². The molecule has 64 heavy (non-hydrogen) atoms. The maximum Gasteiger partial charge on any atom is 0.339 e. The number of esters is 2. The van der Waals surface area contributed by atoms with Crippen molar-refractivity contribution in [3.05, 3.63) is 53.6 Å². The second-order valence-corrected chi connectivity index (χ2v) is 20.0. The maximum absolute atomic E-state index is 13.0. The zero-order valence-electron chi connectivity index (χ0n) is 41.5. The zero-order chi connectivity index (χ0) is 46.4. The summed E-state index contributed by atoms with van der Waals surface area (Å²) in [5, 5.41) is 0. The molecule has 7 nitrogen and oxygen atoms in total. The number of carbonyl (C=O) groups excluding carboxylic acids is 2. The van der Waals surface area contributed by atoms with Crippen LogP contribution in [0.5, 0.6) is 0 Å². The van der Waals surface area contributed by atoms with Crippen LogP contribution in [0.15, 0.2) is 47.4 Å². The van der Waals surface area contributed by atoms with Gasteiger partial charge in [-0.2, -0.15) is 8.42 Å². The van der Waals surface area contributed by atoms with Crippen LogP contribution < -0.4 is 0 Å². The predicted molar refractivity (Wildman–Crippen MR) is 271 cm³/mol. The van der Waals surface area contributed by atoms with Crippen LogP contribution in [-0.4, -0.2) is 38.1 Å². The molecular weight excluding hydrogens is 817 g/mol. The van der Waals surface area contributed by atoms with Gasteiger partial charge in [0.25, 0.3) is 10.1 Å². The first-order chi connectivity index (χ1) is 31.3. The van der Waals surface area contributed by atoms with Gasteiger partial charge in [-0.25, -0.2) is 9.59 Å². The van der Waals surface area contributed by atoms with Gasteiger partial charge in [-0.3, -0.25) is 4.55 Å². The van der Waals surface area contributed by atoms with E-state index in [1.54, 1.807) is 12.2 Å². The normalized spacial score (nSPS) is 11.9. The number of ether oxygens (including phenoxy) is 2. The van der Waals surface area contributed by atoms with E-state index in [2.05, 4.69) is 13.8 Å². The molecule has 0 aliphatic carbocycles. The van der Waals surface area contributed by atoms with Crippen molar-refractivity contribution in [2.75, 3.05) is 13.2 Å². The molecule has 0 fully saturated rings. The Bertz CT molecular complexity index is 1400. The van der Waals surface area contributed by atoms with Crippen molar-refractivity contribution < 1.29 is 32.0 Å². The van der Waals surface area contributed by atoms with Gasteiger partial charge in [0.05, 0.1) is 16.0 Å². The Hall–Kier alpha value is -2.45. The van der Waals surface area contributed by atoms with Gasteiger partial charge < -0.3 is 9.47 Å². The summed E-state index contributed by atoms with van der Waals surface area (Å²) in [6.07, 6.45) is 60.7. The van der Waals surface area contributed by atoms with Crippen LogP contribution in [0.4, 0.5) is 0 Å². The lowest BCUT2D eigenvalue weighted by atomic mass is 10.0. The number of carbonyl (C=O) groups is 2. The predicted octanol–water partition coefficient (Wildman–Crippen LogP) is 18.0. The molecule has 0 unspecified atom stereocenters. The molecule has 0 atom stereocenters. The molecule has 0 amide bonds. The Balaban J connectivity index is 2.14. The van der Waals surface area contributed by atoms with Gasteiger partial charge in [0.15, 0.2) is 0 Å². The van der Waals surface area contributed by atoms with E-state index in [0.717, 1.165) is 37.8 Å². The first-order valence-corrected chi connectivity index (χ1v) is 28.5. The quantitative estimate of drug-likeness (QED) is 0.0300. The minimum Gasteiger partial charge on any atom is -0.458 e. The van der Waals surface area contributed by atoms with Crippen LogP contribution in [0, 0.1) is 0 Å². The Morgan fingerprint density at radius 2 is 0.672 bits per heavy atom. The monoisotopic (exact) mass is 915 g/mol. The van der Waals surface area contributed by atoms with E-state index in [1.807, 2.05) is 12.2 Å². The van der Waals surface area contributed by atoms with Crippen LogP contribution in [0.2, 0.25) is 0 Å². The highest BCUT2D eigenvalue weighted by Crippen LogP contribution is 2.20. The zero-order valence-corrected chi connectivity index (χ0v) is 42.4. The molecule has 0 saturated heterocycles. The highest BCUT2D eigenvalue weighted by atomic mass is 32.2. The minimum absolute atomic E-state index is 0.00916. The molecule has 0 radical (unpaired) electrons. The Morgan fingerprint density at radius 3 is 0.953 bits per heavy atom. The van der Waals surface area contributed by atoms with E-state index < -0.39 is 27.0 Å². The maximum atomic E-state index is 13.0. The molecule has 370 valence electrons. The summed E-state index contributed by atoms with van der Waals surface area (Å²) >= 11 is 0. The Labute approximate surface area is 394 Å². The fraction of sp³-hybridized carbons (Fsp3) is 0.786. The van der Waals surface area contributed by atoms with Crippen LogP contribution in [0.1, 0.15) is 291 Å². The third-order valence-electron chi connectivity index (χ3n) is 12.6. The molecule has 1 aromatic rings. The minimum atomic E-state index is -4.59. The molecule has 0 saturated carbocycles. The molecule has 0 aromatic heterocycles.